The number of hydrogen-bond acceptors (Lipinski definition) is 2. The highest BCUT2D eigenvalue weighted by Gasteiger charge is 2.20. The van der Waals surface area contributed by atoms with Crippen LogP contribution in [0.3, 0.4) is 0 Å². The molecule has 1 N–H and O–H groups in total. The monoisotopic (exact) mass is 274 g/mol. The summed E-state index contributed by atoms with van der Waals surface area (Å²) in [4.78, 5) is 15.6. The number of fused-ring (bicyclic) bond motifs is 1. The highest BCUT2D eigenvalue weighted by molar-refractivity contribution is 5.92. The van der Waals surface area contributed by atoms with Crippen LogP contribution in [0.25, 0.3) is 11.0 Å². The number of benzene rings is 1. The van der Waals surface area contributed by atoms with Gasteiger partial charge in [0.2, 0.25) is 0 Å². The van der Waals surface area contributed by atoms with Crippen LogP contribution in [0.1, 0.15) is 55.8 Å². The van der Waals surface area contributed by atoms with Gasteiger partial charge in [0.05, 0.1) is 16.6 Å². The van der Waals surface area contributed by atoms with Crippen molar-refractivity contribution in [2.45, 2.75) is 46.6 Å². The highest BCUT2D eigenvalue weighted by atomic mass is 16.4. The first-order valence-corrected chi connectivity index (χ1v) is 7.21. The van der Waals surface area contributed by atoms with E-state index in [0.29, 0.717) is 12.0 Å². The Hall–Kier alpha value is -1.84. The van der Waals surface area contributed by atoms with Crippen LogP contribution >= 0.6 is 0 Å². The molecular formula is C16H22N2O2. The molecular weight excluding hydrogens is 252 g/mol. The fraction of sp³-hybridized carbons (Fsp3) is 0.500. The van der Waals surface area contributed by atoms with Crippen molar-refractivity contribution < 1.29 is 9.90 Å². The molecule has 0 radical (unpaired) electrons. The molecule has 0 fully saturated rings. The van der Waals surface area contributed by atoms with Crippen molar-refractivity contribution in [1.82, 2.24) is 9.55 Å². The van der Waals surface area contributed by atoms with Crippen molar-refractivity contribution in [2.75, 3.05) is 0 Å². The third kappa shape index (κ3) is 2.42. The maximum atomic E-state index is 11.0. The van der Waals surface area contributed by atoms with Gasteiger partial charge in [0.25, 0.3) is 0 Å². The molecule has 4 heteroatoms. The van der Waals surface area contributed by atoms with Gasteiger partial charge in [-0.2, -0.15) is 0 Å². The highest BCUT2D eigenvalue weighted by Crippen LogP contribution is 2.29. The second-order valence-electron chi connectivity index (χ2n) is 5.35. The number of aromatic nitrogens is 2. The van der Waals surface area contributed by atoms with Crippen molar-refractivity contribution in [3.05, 3.63) is 29.6 Å². The Bertz CT molecular complexity index is 627. The Morgan fingerprint density at radius 3 is 2.55 bits per heavy atom. The zero-order valence-electron chi connectivity index (χ0n) is 12.6. The molecule has 0 spiro atoms. The van der Waals surface area contributed by atoms with Crippen molar-refractivity contribution in [1.29, 1.82) is 0 Å². The third-order valence-corrected chi connectivity index (χ3v) is 4.25. The first-order chi connectivity index (χ1) is 9.49. The summed E-state index contributed by atoms with van der Waals surface area (Å²) in [6.07, 6.45) is 2.26. The van der Waals surface area contributed by atoms with E-state index in [1.165, 1.54) is 0 Å². The molecule has 1 aromatic carbocycles. The van der Waals surface area contributed by atoms with Crippen molar-refractivity contribution in [3.63, 3.8) is 0 Å². The van der Waals surface area contributed by atoms with E-state index in [1.807, 2.05) is 13.0 Å². The largest absolute Gasteiger partial charge is 0.478 e. The van der Waals surface area contributed by atoms with E-state index in [-0.39, 0.29) is 5.56 Å². The fourth-order valence-corrected chi connectivity index (χ4v) is 3.05. The lowest BCUT2D eigenvalue weighted by atomic mass is 9.95. The normalized spacial score (nSPS) is 13.1. The summed E-state index contributed by atoms with van der Waals surface area (Å²) in [5, 5.41) is 9.06. The first kappa shape index (κ1) is 14.6. The topological polar surface area (TPSA) is 55.1 Å². The molecule has 0 saturated heterocycles. The van der Waals surface area contributed by atoms with Crippen LogP contribution in [-0.2, 0) is 0 Å². The summed E-state index contributed by atoms with van der Waals surface area (Å²) in [5.41, 5.74) is 2.07. The van der Waals surface area contributed by atoms with Crippen LogP contribution in [0.2, 0.25) is 0 Å². The summed E-state index contributed by atoms with van der Waals surface area (Å²) >= 11 is 0. The Balaban J connectivity index is 2.54. The van der Waals surface area contributed by atoms with E-state index < -0.39 is 5.97 Å². The summed E-state index contributed by atoms with van der Waals surface area (Å²) in [6.45, 7) is 8.62. The van der Waals surface area contributed by atoms with E-state index in [2.05, 4.69) is 30.3 Å². The van der Waals surface area contributed by atoms with E-state index in [1.54, 1.807) is 12.1 Å². The van der Waals surface area contributed by atoms with Crippen LogP contribution in [0.4, 0.5) is 0 Å². The minimum Gasteiger partial charge on any atom is -0.478 e. The van der Waals surface area contributed by atoms with Gasteiger partial charge >= 0.3 is 5.97 Å². The number of nitrogens with zero attached hydrogens (tertiary/aromatic N) is 2. The number of aromatic carboxylic acids is 1. The van der Waals surface area contributed by atoms with E-state index in [9.17, 15) is 4.79 Å². The molecule has 1 atom stereocenters. The number of aryl methyl sites for hydroxylation is 1. The number of hydrogen-bond donors (Lipinski definition) is 1. The molecule has 0 amide bonds. The standard InChI is InChI=1S/C16H22N2O2/c1-5-12(6-2)10(3)18-11(4)17-14-9-13(16(19)20)7-8-15(14)18/h7-10,12H,5-6H2,1-4H3,(H,19,20). The summed E-state index contributed by atoms with van der Waals surface area (Å²) < 4.78 is 2.23. The maximum absolute atomic E-state index is 11.0. The van der Waals surface area contributed by atoms with Gasteiger partial charge in [-0.1, -0.05) is 26.7 Å². The molecule has 108 valence electrons. The lowest BCUT2D eigenvalue weighted by molar-refractivity contribution is 0.0697. The average molecular weight is 274 g/mol. The predicted octanol–water partition coefficient (Wildman–Crippen LogP) is 4.04. The minimum atomic E-state index is -0.910. The molecule has 20 heavy (non-hydrogen) atoms. The third-order valence-electron chi connectivity index (χ3n) is 4.25. The van der Waals surface area contributed by atoms with Crippen molar-refractivity contribution >= 4 is 17.0 Å². The smallest absolute Gasteiger partial charge is 0.335 e. The zero-order chi connectivity index (χ0) is 14.9. The summed E-state index contributed by atoms with van der Waals surface area (Å²) in [5.74, 6) is 0.638. The Kier molecular flexibility index (Phi) is 4.12. The number of imidazole rings is 1. The number of carbonyl (C=O) groups is 1. The van der Waals surface area contributed by atoms with Crippen LogP contribution in [-0.4, -0.2) is 20.6 Å². The van der Waals surface area contributed by atoms with Gasteiger partial charge < -0.3 is 9.67 Å². The van der Waals surface area contributed by atoms with Gasteiger partial charge in [-0.25, -0.2) is 9.78 Å². The Morgan fingerprint density at radius 2 is 2.00 bits per heavy atom. The molecule has 0 bridgehead atoms. The zero-order valence-corrected chi connectivity index (χ0v) is 12.6. The van der Waals surface area contributed by atoms with Gasteiger partial charge in [0.15, 0.2) is 0 Å². The van der Waals surface area contributed by atoms with Crippen LogP contribution in [0.5, 0.6) is 0 Å². The van der Waals surface area contributed by atoms with Gasteiger partial charge in [-0.3, -0.25) is 0 Å². The molecule has 0 aliphatic carbocycles. The van der Waals surface area contributed by atoms with Gasteiger partial charge in [0.1, 0.15) is 5.82 Å². The van der Waals surface area contributed by atoms with E-state index in [0.717, 1.165) is 29.7 Å². The quantitative estimate of drug-likeness (QED) is 0.895. The minimum absolute atomic E-state index is 0.289. The molecule has 1 unspecified atom stereocenters. The van der Waals surface area contributed by atoms with Gasteiger partial charge in [0, 0.05) is 6.04 Å². The molecule has 2 aromatic rings. The molecule has 0 aliphatic heterocycles. The fourth-order valence-electron chi connectivity index (χ4n) is 3.05. The van der Waals surface area contributed by atoms with Crippen molar-refractivity contribution in [3.8, 4) is 0 Å². The summed E-state index contributed by atoms with van der Waals surface area (Å²) in [7, 11) is 0. The molecule has 2 rings (SSSR count). The maximum Gasteiger partial charge on any atom is 0.335 e. The second kappa shape index (κ2) is 5.65. The molecule has 0 saturated carbocycles. The molecule has 4 nitrogen and oxygen atoms in total. The molecule has 1 heterocycles. The van der Waals surface area contributed by atoms with Gasteiger partial charge in [-0.15, -0.1) is 0 Å². The Labute approximate surface area is 119 Å². The van der Waals surface area contributed by atoms with Crippen LogP contribution < -0.4 is 0 Å². The van der Waals surface area contributed by atoms with E-state index >= 15 is 0 Å². The lowest BCUT2D eigenvalue weighted by Crippen LogP contribution is -2.16. The van der Waals surface area contributed by atoms with Gasteiger partial charge in [-0.05, 0) is 38.0 Å². The SMILES string of the molecule is CCC(CC)C(C)n1c(C)nc2cc(C(=O)O)ccc21. The number of rotatable bonds is 5. The summed E-state index contributed by atoms with van der Waals surface area (Å²) in [6, 6.07) is 5.55. The van der Waals surface area contributed by atoms with Crippen LogP contribution in [0, 0.1) is 12.8 Å². The average Bonchev–Trinajstić information content (AvgIpc) is 2.74. The second-order valence-corrected chi connectivity index (χ2v) is 5.35. The number of carboxylic acids is 1. The van der Waals surface area contributed by atoms with Crippen LogP contribution in [0.15, 0.2) is 18.2 Å². The Morgan fingerprint density at radius 1 is 1.35 bits per heavy atom. The predicted molar refractivity (Wildman–Crippen MR) is 80.2 cm³/mol. The molecule has 0 aliphatic rings. The lowest BCUT2D eigenvalue weighted by Gasteiger charge is -2.24. The van der Waals surface area contributed by atoms with E-state index in [4.69, 9.17) is 5.11 Å². The molecule has 1 aromatic heterocycles. The number of carboxylic acid groups (broad SMARTS) is 1. The first-order valence-electron chi connectivity index (χ1n) is 7.21. The van der Waals surface area contributed by atoms with Crippen molar-refractivity contribution in [2.24, 2.45) is 5.92 Å².